The molecule has 0 bridgehead atoms. The molecule has 1 saturated heterocycles. The molecule has 0 saturated carbocycles. The first-order valence-corrected chi connectivity index (χ1v) is 11.0. The van der Waals surface area contributed by atoms with E-state index in [0.29, 0.717) is 13.1 Å². The van der Waals surface area contributed by atoms with E-state index in [1.807, 2.05) is 51.9 Å². The second-order valence-electron chi connectivity index (χ2n) is 8.00. The third kappa shape index (κ3) is 4.65. The maximum atomic E-state index is 12.0. The summed E-state index contributed by atoms with van der Waals surface area (Å²) < 4.78 is 6.98. The lowest BCUT2D eigenvalue weighted by molar-refractivity contribution is -0.135. The van der Waals surface area contributed by atoms with Gasteiger partial charge in [-0.2, -0.15) is 0 Å². The topological polar surface area (TPSA) is 75.0 Å². The molecule has 0 atom stereocenters. The van der Waals surface area contributed by atoms with Crippen molar-refractivity contribution >= 4 is 28.9 Å². The molecule has 8 nitrogen and oxygen atoms in total. The number of imidazole rings is 1. The Morgan fingerprint density at radius 2 is 1.79 bits per heavy atom. The van der Waals surface area contributed by atoms with Crippen molar-refractivity contribution < 1.29 is 9.53 Å². The number of benzene rings is 1. The highest BCUT2D eigenvalue weighted by atomic mass is 16.5. The lowest BCUT2D eigenvalue weighted by Crippen LogP contribution is -2.49. The van der Waals surface area contributed by atoms with Gasteiger partial charge in [0.15, 0.2) is 5.82 Å². The number of fused-ring (bicyclic) bond motifs is 1. The zero-order valence-electron chi connectivity index (χ0n) is 18.5. The summed E-state index contributed by atoms with van der Waals surface area (Å²) in [5.74, 6) is 1.51. The number of anilines is 3. The molecule has 0 unspecified atom stereocenters. The van der Waals surface area contributed by atoms with Crippen molar-refractivity contribution in [3.05, 3.63) is 73.2 Å². The lowest BCUT2D eigenvalue weighted by atomic mass is 10.1. The van der Waals surface area contributed by atoms with Gasteiger partial charge in [0.1, 0.15) is 18.1 Å². The zero-order valence-corrected chi connectivity index (χ0v) is 18.5. The van der Waals surface area contributed by atoms with Gasteiger partial charge in [-0.05, 0) is 29.3 Å². The number of methoxy groups -OCH3 is 1. The van der Waals surface area contributed by atoms with E-state index in [2.05, 4.69) is 44.6 Å². The number of rotatable bonds is 6. The number of nitrogens with one attached hydrogen (secondary N) is 1. The van der Waals surface area contributed by atoms with E-state index in [-0.39, 0.29) is 12.5 Å². The molecule has 1 aromatic carbocycles. The second-order valence-corrected chi connectivity index (χ2v) is 8.00. The molecular formula is C25H26N6O2. The van der Waals surface area contributed by atoms with Crippen molar-refractivity contribution in [1.82, 2.24) is 19.3 Å². The Balaban J connectivity index is 1.28. The van der Waals surface area contributed by atoms with Crippen LogP contribution in [0.1, 0.15) is 0 Å². The monoisotopic (exact) mass is 442 g/mol. The van der Waals surface area contributed by atoms with Crippen LogP contribution in [0.5, 0.6) is 0 Å². The minimum atomic E-state index is 0.0384. The number of carbonyl (C=O) groups is 1. The number of nitrogens with zero attached hydrogens (tertiary/aromatic N) is 5. The van der Waals surface area contributed by atoms with Crippen LogP contribution in [0.15, 0.2) is 73.2 Å². The number of hydrogen-bond donors (Lipinski definition) is 1. The van der Waals surface area contributed by atoms with Crippen molar-refractivity contribution in [3.63, 3.8) is 0 Å². The van der Waals surface area contributed by atoms with E-state index in [1.54, 1.807) is 13.3 Å². The maximum absolute atomic E-state index is 12.0. The molecule has 1 N–H and O–H groups in total. The third-order valence-corrected chi connectivity index (χ3v) is 5.82. The standard InChI is InChI=1S/C25H26N6O2/c1-33-18-25(32)30-13-11-29(12-14-30)21-9-10-26-22(15-21)27-23-17-31-16-20(7-8-24(31)28-23)19-5-3-2-4-6-19/h2-10,15-17H,11-14,18H2,1H3,(H,26,27). The number of amides is 1. The van der Waals surface area contributed by atoms with Crippen molar-refractivity contribution in [1.29, 1.82) is 0 Å². The van der Waals surface area contributed by atoms with E-state index in [0.717, 1.165) is 41.6 Å². The van der Waals surface area contributed by atoms with Gasteiger partial charge in [0.25, 0.3) is 0 Å². The average Bonchev–Trinajstić information content (AvgIpc) is 3.26. The normalized spacial score (nSPS) is 14.0. The quantitative estimate of drug-likeness (QED) is 0.493. The van der Waals surface area contributed by atoms with E-state index >= 15 is 0 Å². The van der Waals surface area contributed by atoms with Gasteiger partial charge in [0.05, 0.1) is 6.20 Å². The van der Waals surface area contributed by atoms with Crippen LogP contribution in [0.25, 0.3) is 16.8 Å². The Kier molecular flexibility index (Phi) is 5.91. The van der Waals surface area contributed by atoms with E-state index in [9.17, 15) is 4.79 Å². The molecule has 4 heterocycles. The van der Waals surface area contributed by atoms with Crippen LogP contribution >= 0.6 is 0 Å². The first kappa shape index (κ1) is 21.0. The Morgan fingerprint density at radius 1 is 0.970 bits per heavy atom. The van der Waals surface area contributed by atoms with E-state index < -0.39 is 0 Å². The molecule has 168 valence electrons. The Bertz CT molecular complexity index is 1250. The first-order valence-electron chi connectivity index (χ1n) is 11.0. The fraction of sp³-hybridized carbons (Fsp3) is 0.240. The predicted octanol–water partition coefficient (Wildman–Crippen LogP) is 3.43. The zero-order chi connectivity index (χ0) is 22.6. The largest absolute Gasteiger partial charge is 0.375 e. The van der Waals surface area contributed by atoms with Crippen LogP contribution in [0, 0.1) is 0 Å². The summed E-state index contributed by atoms with van der Waals surface area (Å²) >= 11 is 0. The molecule has 0 spiro atoms. The molecule has 8 heteroatoms. The second kappa shape index (κ2) is 9.30. The van der Waals surface area contributed by atoms with Crippen LogP contribution in [-0.2, 0) is 9.53 Å². The SMILES string of the molecule is COCC(=O)N1CCN(c2ccnc(Nc3cn4cc(-c5ccccc5)ccc4n3)c2)CC1. The molecule has 3 aromatic heterocycles. The summed E-state index contributed by atoms with van der Waals surface area (Å²) in [7, 11) is 1.55. The van der Waals surface area contributed by atoms with Gasteiger partial charge in [-0.15, -0.1) is 0 Å². The summed E-state index contributed by atoms with van der Waals surface area (Å²) in [4.78, 5) is 25.3. The predicted molar refractivity (Wildman–Crippen MR) is 129 cm³/mol. The van der Waals surface area contributed by atoms with Crippen LogP contribution in [0.2, 0.25) is 0 Å². The molecule has 0 aliphatic carbocycles. The lowest BCUT2D eigenvalue weighted by Gasteiger charge is -2.36. The number of aromatic nitrogens is 3. The summed E-state index contributed by atoms with van der Waals surface area (Å²) in [5.41, 5.74) is 4.24. The summed E-state index contributed by atoms with van der Waals surface area (Å²) in [6.45, 7) is 3.05. The number of hydrogen-bond acceptors (Lipinski definition) is 6. The van der Waals surface area contributed by atoms with Crippen LogP contribution < -0.4 is 10.2 Å². The van der Waals surface area contributed by atoms with Gasteiger partial charge < -0.3 is 24.3 Å². The molecular weight excluding hydrogens is 416 g/mol. The maximum Gasteiger partial charge on any atom is 0.248 e. The number of ether oxygens (including phenoxy) is 1. The van der Waals surface area contributed by atoms with Crippen LogP contribution in [0.3, 0.4) is 0 Å². The van der Waals surface area contributed by atoms with Gasteiger partial charge in [-0.1, -0.05) is 30.3 Å². The first-order chi connectivity index (χ1) is 16.2. The minimum absolute atomic E-state index is 0.0384. The van der Waals surface area contributed by atoms with Crippen LogP contribution in [0.4, 0.5) is 17.3 Å². The summed E-state index contributed by atoms with van der Waals surface area (Å²) in [6.07, 6.45) is 5.84. The van der Waals surface area contributed by atoms with Gasteiger partial charge in [0, 0.05) is 57.4 Å². The molecule has 5 rings (SSSR count). The fourth-order valence-corrected chi connectivity index (χ4v) is 4.10. The Morgan fingerprint density at radius 3 is 2.58 bits per heavy atom. The molecule has 4 aromatic rings. The van der Waals surface area contributed by atoms with Gasteiger partial charge >= 0.3 is 0 Å². The van der Waals surface area contributed by atoms with Crippen molar-refractivity contribution in [2.45, 2.75) is 0 Å². The Labute approximate surface area is 192 Å². The highest BCUT2D eigenvalue weighted by molar-refractivity contribution is 5.77. The van der Waals surface area contributed by atoms with Crippen molar-refractivity contribution in [3.8, 4) is 11.1 Å². The molecule has 1 amide bonds. The summed E-state index contributed by atoms with van der Waals surface area (Å²) in [6, 6.07) is 18.4. The molecule has 0 radical (unpaired) electrons. The fourth-order valence-electron chi connectivity index (χ4n) is 4.10. The molecule has 33 heavy (non-hydrogen) atoms. The minimum Gasteiger partial charge on any atom is -0.375 e. The van der Waals surface area contributed by atoms with Gasteiger partial charge in [-0.25, -0.2) is 9.97 Å². The number of piperazine rings is 1. The molecule has 1 aliphatic rings. The van der Waals surface area contributed by atoms with Crippen LogP contribution in [-0.4, -0.2) is 65.1 Å². The highest BCUT2D eigenvalue weighted by Gasteiger charge is 2.21. The summed E-state index contributed by atoms with van der Waals surface area (Å²) in [5, 5.41) is 3.33. The third-order valence-electron chi connectivity index (χ3n) is 5.82. The molecule has 1 fully saturated rings. The van der Waals surface area contributed by atoms with Crippen molar-refractivity contribution in [2.75, 3.05) is 50.1 Å². The van der Waals surface area contributed by atoms with E-state index in [4.69, 9.17) is 4.74 Å². The van der Waals surface area contributed by atoms with Gasteiger partial charge in [0.2, 0.25) is 5.91 Å². The van der Waals surface area contributed by atoms with E-state index in [1.165, 1.54) is 5.56 Å². The van der Waals surface area contributed by atoms with Gasteiger partial charge in [-0.3, -0.25) is 4.79 Å². The number of carbonyl (C=O) groups excluding carboxylic acids is 1. The Hall–Kier alpha value is -3.91. The smallest absolute Gasteiger partial charge is 0.248 e. The molecule has 1 aliphatic heterocycles. The number of pyridine rings is 2. The van der Waals surface area contributed by atoms with Crippen molar-refractivity contribution in [2.24, 2.45) is 0 Å². The average molecular weight is 443 g/mol. The highest BCUT2D eigenvalue weighted by Crippen LogP contribution is 2.24.